The fraction of sp³-hybridized carbons (Fsp3) is 0.417. The number of amides is 2. The summed E-state index contributed by atoms with van der Waals surface area (Å²) in [6.07, 6.45) is 2.09. The molecule has 0 bridgehead atoms. The molecule has 1 atom stereocenters. The SMILES string of the molecule is Cc1cc(C)c(NC(=O)CN(C)[C@@H](C(=O)N2CCCC2)c2ccccc2)c(C)c1. The zero-order chi connectivity index (χ0) is 21.0. The van der Waals surface area contributed by atoms with Gasteiger partial charge < -0.3 is 10.2 Å². The van der Waals surface area contributed by atoms with Crippen LogP contribution in [0.1, 0.15) is 41.1 Å². The molecule has 0 aromatic heterocycles. The number of anilines is 1. The molecule has 0 spiro atoms. The summed E-state index contributed by atoms with van der Waals surface area (Å²) in [6, 6.07) is 13.4. The van der Waals surface area contributed by atoms with Gasteiger partial charge in [0.1, 0.15) is 6.04 Å². The number of hydrogen-bond donors (Lipinski definition) is 1. The van der Waals surface area contributed by atoms with E-state index in [2.05, 4.69) is 17.4 Å². The van der Waals surface area contributed by atoms with Gasteiger partial charge in [-0.15, -0.1) is 0 Å². The van der Waals surface area contributed by atoms with Crippen LogP contribution in [0.2, 0.25) is 0 Å². The van der Waals surface area contributed by atoms with Crippen LogP contribution in [0.25, 0.3) is 0 Å². The summed E-state index contributed by atoms with van der Waals surface area (Å²) in [5, 5.41) is 3.05. The number of nitrogens with zero attached hydrogens (tertiary/aromatic N) is 2. The highest BCUT2D eigenvalue weighted by atomic mass is 16.2. The van der Waals surface area contributed by atoms with E-state index in [0.29, 0.717) is 0 Å². The number of nitrogens with one attached hydrogen (secondary N) is 1. The molecule has 29 heavy (non-hydrogen) atoms. The van der Waals surface area contributed by atoms with Gasteiger partial charge >= 0.3 is 0 Å². The minimum Gasteiger partial charge on any atom is -0.341 e. The van der Waals surface area contributed by atoms with Crippen molar-refractivity contribution >= 4 is 17.5 Å². The number of aryl methyl sites for hydroxylation is 3. The van der Waals surface area contributed by atoms with Gasteiger partial charge in [-0.3, -0.25) is 14.5 Å². The van der Waals surface area contributed by atoms with Crippen molar-refractivity contribution in [3.05, 3.63) is 64.7 Å². The Kier molecular flexibility index (Phi) is 6.70. The molecule has 2 aromatic rings. The molecule has 0 aliphatic carbocycles. The Labute approximate surface area is 173 Å². The first-order valence-corrected chi connectivity index (χ1v) is 10.3. The molecule has 1 N–H and O–H groups in total. The molecule has 0 radical (unpaired) electrons. The van der Waals surface area contributed by atoms with E-state index in [1.165, 1.54) is 5.56 Å². The molecule has 3 rings (SSSR count). The maximum absolute atomic E-state index is 13.2. The van der Waals surface area contributed by atoms with E-state index in [0.717, 1.165) is 48.3 Å². The summed E-state index contributed by atoms with van der Waals surface area (Å²) >= 11 is 0. The van der Waals surface area contributed by atoms with Gasteiger partial charge in [-0.25, -0.2) is 0 Å². The second-order valence-electron chi connectivity index (χ2n) is 8.08. The van der Waals surface area contributed by atoms with Crippen molar-refractivity contribution in [3.63, 3.8) is 0 Å². The number of benzene rings is 2. The van der Waals surface area contributed by atoms with Crippen LogP contribution in [0.15, 0.2) is 42.5 Å². The molecule has 2 aromatic carbocycles. The van der Waals surface area contributed by atoms with Crippen molar-refractivity contribution < 1.29 is 9.59 Å². The molecule has 5 heteroatoms. The first-order valence-electron chi connectivity index (χ1n) is 10.3. The maximum atomic E-state index is 13.2. The van der Waals surface area contributed by atoms with Crippen LogP contribution in [0.3, 0.4) is 0 Å². The quantitative estimate of drug-likeness (QED) is 0.811. The first-order chi connectivity index (χ1) is 13.9. The molecule has 0 saturated carbocycles. The van der Waals surface area contributed by atoms with Gasteiger partial charge in [0, 0.05) is 18.8 Å². The van der Waals surface area contributed by atoms with Crippen LogP contribution in [0.4, 0.5) is 5.69 Å². The topological polar surface area (TPSA) is 52.7 Å². The third kappa shape index (κ3) is 5.04. The normalized spacial score (nSPS) is 14.9. The van der Waals surface area contributed by atoms with E-state index < -0.39 is 6.04 Å². The second-order valence-corrected chi connectivity index (χ2v) is 8.08. The van der Waals surface area contributed by atoms with Crippen molar-refractivity contribution in [1.82, 2.24) is 9.80 Å². The summed E-state index contributed by atoms with van der Waals surface area (Å²) in [4.78, 5) is 29.8. The number of hydrogen-bond acceptors (Lipinski definition) is 3. The molecule has 1 aliphatic rings. The summed E-state index contributed by atoms with van der Waals surface area (Å²) < 4.78 is 0. The van der Waals surface area contributed by atoms with E-state index in [-0.39, 0.29) is 18.4 Å². The van der Waals surface area contributed by atoms with E-state index >= 15 is 0 Å². The van der Waals surface area contributed by atoms with Crippen LogP contribution in [0, 0.1) is 20.8 Å². The third-order valence-electron chi connectivity index (χ3n) is 5.54. The molecule has 154 valence electrons. The second kappa shape index (κ2) is 9.23. The Morgan fingerprint density at radius 3 is 2.21 bits per heavy atom. The average Bonchev–Trinajstić information content (AvgIpc) is 3.20. The first kappa shape index (κ1) is 21.1. The van der Waals surface area contributed by atoms with Crippen LogP contribution in [-0.2, 0) is 9.59 Å². The molecule has 2 amide bonds. The largest absolute Gasteiger partial charge is 0.341 e. The van der Waals surface area contributed by atoms with Gasteiger partial charge in [0.2, 0.25) is 11.8 Å². The van der Waals surface area contributed by atoms with Crippen molar-refractivity contribution in [2.75, 3.05) is 32.0 Å². The lowest BCUT2D eigenvalue weighted by Crippen LogP contribution is -2.43. The fourth-order valence-corrected chi connectivity index (χ4v) is 4.21. The van der Waals surface area contributed by atoms with Gasteiger partial charge in [-0.05, 0) is 57.4 Å². The highest BCUT2D eigenvalue weighted by molar-refractivity contribution is 5.94. The van der Waals surface area contributed by atoms with Crippen LogP contribution in [0.5, 0.6) is 0 Å². The summed E-state index contributed by atoms with van der Waals surface area (Å²) in [5.41, 5.74) is 5.05. The van der Waals surface area contributed by atoms with Crippen LogP contribution >= 0.6 is 0 Å². The molecule has 1 fully saturated rings. The number of likely N-dealkylation sites (tertiary alicyclic amines) is 1. The smallest absolute Gasteiger partial charge is 0.244 e. The average molecular weight is 394 g/mol. The Morgan fingerprint density at radius 2 is 1.62 bits per heavy atom. The molecular weight excluding hydrogens is 362 g/mol. The van der Waals surface area contributed by atoms with Crippen molar-refractivity contribution in [2.45, 2.75) is 39.7 Å². The number of carbonyl (C=O) groups excluding carboxylic acids is 2. The number of rotatable bonds is 6. The number of likely N-dealkylation sites (N-methyl/N-ethyl adjacent to an activating group) is 1. The van der Waals surface area contributed by atoms with Crippen LogP contribution < -0.4 is 5.32 Å². The third-order valence-corrected chi connectivity index (χ3v) is 5.54. The Morgan fingerprint density at radius 1 is 1.03 bits per heavy atom. The lowest BCUT2D eigenvalue weighted by Gasteiger charge is -2.30. The van der Waals surface area contributed by atoms with E-state index in [4.69, 9.17) is 0 Å². The molecule has 0 unspecified atom stereocenters. The van der Waals surface area contributed by atoms with E-state index in [9.17, 15) is 9.59 Å². The lowest BCUT2D eigenvalue weighted by molar-refractivity contribution is -0.136. The zero-order valence-electron chi connectivity index (χ0n) is 17.9. The Hall–Kier alpha value is -2.66. The van der Waals surface area contributed by atoms with Gasteiger partial charge in [0.05, 0.1) is 6.54 Å². The molecule has 1 heterocycles. The fourth-order valence-electron chi connectivity index (χ4n) is 4.21. The monoisotopic (exact) mass is 393 g/mol. The lowest BCUT2D eigenvalue weighted by atomic mass is 10.0. The predicted molar refractivity (Wildman–Crippen MR) is 117 cm³/mol. The molecule has 1 aliphatic heterocycles. The minimum absolute atomic E-state index is 0.0756. The van der Waals surface area contributed by atoms with Gasteiger partial charge in [-0.1, -0.05) is 48.0 Å². The summed E-state index contributed by atoms with van der Waals surface area (Å²) in [5.74, 6) is -0.0376. The van der Waals surface area contributed by atoms with Gasteiger partial charge in [0.25, 0.3) is 0 Å². The maximum Gasteiger partial charge on any atom is 0.244 e. The minimum atomic E-state index is -0.458. The molecular formula is C24H31N3O2. The summed E-state index contributed by atoms with van der Waals surface area (Å²) in [7, 11) is 1.85. The Bertz CT molecular complexity index is 850. The molecule has 1 saturated heterocycles. The number of carbonyl (C=O) groups is 2. The van der Waals surface area contributed by atoms with E-state index in [1.54, 1.807) is 0 Å². The highest BCUT2D eigenvalue weighted by Gasteiger charge is 2.31. The van der Waals surface area contributed by atoms with Crippen molar-refractivity contribution in [2.24, 2.45) is 0 Å². The predicted octanol–water partition coefficient (Wildman–Crippen LogP) is 3.85. The van der Waals surface area contributed by atoms with Gasteiger partial charge in [-0.2, -0.15) is 0 Å². The molecule has 5 nitrogen and oxygen atoms in total. The standard InChI is InChI=1S/C24H31N3O2/c1-17-14-18(2)22(19(3)15-17)25-21(28)16-26(4)23(20-10-6-5-7-11-20)24(29)27-12-8-9-13-27/h5-7,10-11,14-15,23H,8-9,12-13,16H2,1-4H3,(H,25,28)/t23-/m1/s1. The van der Waals surface area contributed by atoms with Crippen LogP contribution in [-0.4, -0.2) is 48.3 Å². The Balaban J connectivity index is 1.76. The van der Waals surface area contributed by atoms with E-state index in [1.807, 2.05) is 68.0 Å². The zero-order valence-corrected chi connectivity index (χ0v) is 17.9. The van der Waals surface area contributed by atoms with Gasteiger partial charge in [0.15, 0.2) is 0 Å². The summed E-state index contributed by atoms with van der Waals surface area (Å²) in [6.45, 7) is 7.79. The van der Waals surface area contributed by atoms with Crippen molar-refractivity contribution in [3.8, 4) is 0 Å². The van der Waals surface area contributed by atoms with Crippen molar-refractivity contribution in [1.29, 1.82) is 0 Å². The highest BCUT2D eigenvalue weighted by Crippen LogP contribution is 2.25.